The number of hydrogen-bond acceptors (Lipinski definition) is 5. The molecule has 2 saturated heterocycles. The molecule has 0 aromatic rings. The van der Waals surface area contributed by atoms with E-state index < -0.39 is 10.0 Å². The van der Waals surface area contributed by atoms with Gasteiger partial charge in [0.1, 0.15) is 0 Å². The van der Waals surface area contributed by atoms with Gasteiger partial charge in [0.2, 0.25) is 21.8 Å². The van der Waals surface area contributed by atoms with Gasteiger partial charge in [-0.25, -0.2) is 13.6 Å². The lowest BCUT2D eigenvalue weighted by Crippen LogP contribution is -2.62. The van der Waals surface area contributed by atoms with Gasteiger partial charge in [-0.3, -0.25) is 14.5 Å². The molecule has 0 aliphatic carbocycles. The quantitative estimate of drug-likeness (QED) is 0.669. The molecule has 2 aliphatic heterocycles. The Labute approximate surface area is 137 Å². The van der Waals surface area contributed by atoms with Crippen molar-refractivity contribution in [2.75, 3.05) is 39.0 Å². The molecule has 1 atom stereocenters. The number of carbonyl (C=O) groups is 2. The number of carbonyl (C=O) groups excluding carboxylic acids is 2. The lowest BCUT2D eigenvalue weighted by molar-refractivity contribution is -0.136. The van der Waals surface area contributed by atoms with Crippen molar-refractivity contribution in [2.24, 2.45) is 5.14 Å². The fraction of sp³-hybridized carbons (Fsp3) is 0.857. The zero-order valence-corrected chi connectivity index (χ0v) is 14.4. The van der Waals surface area contributed by atoms with Crippen LogP contribution in [0.4, 0.5) is 0 Å². The number of piperazine rings is 1. The third-order valence-corrected chi connectivity index (χ3v) is 5.76. The molecule has 2 rings (SSSR count). The molecule has 0 bridgehead atoms. The van der Waals surface area contributed by atoms with Gasteiger partial charge in [-0.15, -0.1) is 0 Å². The first-order valence-electron chi connectivity index (χ1n) is 7.98. The van der Waals surface area contributed by atoms with E-state index in [2.05, 4.69) is 10.2 Å². The van der Waals surface area contributed by atoms with E-state index >= 15 is 0 Å². The van der Waals surface area contributed by atoms with Crippen LogP contribution in [0.5, 0.6) is 0 Å². The maximum absolute atomic E-state index is 12.4. The topological polar surface area (TPSA) is 113 Å². The maximum Gasteiger partial charge on any atom is 0.222 e. The van der Waals surface area contributed by atoms with E-state index in [1.807, 2.05) is 7.05 Å². The van der Waals surface area contributed by atoms with Crippen LogP contribution < -0.4 is 10.5 Å². The van der Waals surface area contributed by atoms with Crippen molar-refractivity contribution in [1.82, 2.24) is 15.1 Å². The Morgan fingerprint density at radius 1 is 1.35 bits per heavy atom. The molecule has 2 fully saturated rings. The van der Waals surface area contributed by atoms with E-state index in [-0.39, 0.29) is 35.9 Å². The minimum absolute atomic E-state index is 0.0374. The summed E-state index contributed by atoms with van der Waals surface area (Å²) in [6, 6.07) is 0. The average molecular weight is 346 g/mol. The summed E-state index contributed by atoms with van der Waals surface area (Å²) in [5.41, 5.74) is -0.174. The molecular weight excluding hydrogens is 320 g/mol. The van der Waals surface area contributed by atoms with Gasteiger partial charge in [0.15, 0.2) is 0 Å². The van der Waals surface area contributed by atoms with Crippen LogP contribution in [0.25, 0.3) is 0 Å². The molecule has 2 amide bonds. The van der Waals surface area contributed by atoms with E-state index in [4.69, 9.17) is 5.14 Å². The number of amides is 2. The molecule has 2 aliphatic rings. The SMILES string of the molecule is CN1CCN(C(=O)CCCS(N)(=O)=O)CC12CCNC(=O)CC2. The van der Waals surface area contributed by atoms with Gasteiger partial charge in [0.25, 0.3) is 0 Å². The van der Waals surface area contributed by atoms with Crippen LogP contribution in [0.1, 0.15) is 32.1 Å². The number of nitrogens with zero attached hydrogens (tertiary/aromatic N) is 2. The van der Waals surface area contributed by atoms with Crippen LogP contribution in [-0.4, -0.2) is 74.6 Å². The van der Waals surface area contributed by atoms with Crippen LogP contribution in [0, 0.1) is 0 Å². The summed E-state index contributed by atoms with van der Waals surface area (Å²) in [6.07, 6.45) is 2.45. The van der Waals surface area contributed by atoms with Gasteiger partial charge in [-0.2, -0.15) is 0 Å². The number of primary sulfonamides is 1. The smallest absolute Gasteiger partial charge is 0.222 e. The van der Waals surface area contributed by atoms with E-state index in [0.29, 0.717) is 26.1 Å². The lowest BCUT2D eigenvalue weighted by Gasteiger charge is -2.49. The molecule has 0 radical (unpaired) electrons. The molecule has 2 heterocycles. The molecule has 132 valence electrons. The van der Waals surface area contributed by atoms with Crippen molar-refractivity contribution >= 4 is 21.8 Å². The minimum Gasteiger partial charge on any atom is -0.356 e. The number of likely N-dealkylation sites (N-methyl/N-ethyl adjacent to an activating group) is 1. The fourth-order valence-corrected chi connectivity index (χ4v) is 3.94. The van der Waals surface area contributed by atoms with Gasteiger partial charge < -0.3 is 10.2 Å². The summed E-state index contributed by atoms with van der Waals surface area (Å²) in [5.74, 6) is -0.146. The Morgan fingerprint density at radius 2 is 2.09 bits per heavy atom. The maximum atomic E-state index is 12.4. The second kappa shape index (κ2) is 7.14. The Morgan fingerprint density at radius 3 is 2.78 bits per heavy atom. The summed E-state index contributed by atoms with van der Waals surface area (Å²) in [6.45, 7) is 2.60. The molecule has 0 aromatic carbocycles. The van der Waals surface area contributed by atoms with E-state index in [0.717, 1.165) is 19.4 Å². The first-order valence-corrected chi connectivity index (χ1v) is 9.70. The molecule has 9 heteroatoms. The average Bonchev–Trinajstić information content (AvgIpc) is 2.64. The van der Waals surface area contributed by atoms with Crippen molar-refractivity contribution in [3.05, 3.63) is 0 Å². The highest BCUT2D eigenvalue weighted by molar-refractivity contribution is 7.89. The molecular formula is C14H26N4O4S. The third kappa shape index (κ3) is 4.89. The van der Waals surface area contributed by atoms with Crippen molar-refractivity contribution < 1.29 is 18.0 Å². The predicted molar refractivity (Wildman–Crippen MR) is 86.0 cm³/mol. The van der Waals surface area contributed by atoms with Crippen molar-refractivity contribution in [1.29, 1.82) is 0 Å². The van der Waals surface area contributed by atoms with Crippen molar-refractivity contribution in [2.45, 2.75) is 37.6 Å². The largest absolute Gasteiger partial charge is 0.356 e. The zero-order chi connectivity index (χ0) is 17.1. The highest BCUT2D eigenvalue weighted by atomic mass is 32.2. The van der Waals surface area contributed by atoms with Gasteiger partial charge in [0, 0.05) is 44.6 Å². The second-order valence-electron chi connectivity index (χ2n) is 6.53. The molecule has 0 aromatic heterocycles. The standard InChI is InChI=1S/C14H26N4O4S/c1-17-8-9-18(13(20)3-2-10-23(15,21)22)11-14(17)5-4-12(19)16-7-6-14/h2-11H2,1H3,(H,16,19)(H2,15,21,22). The van der Waals surface area contributed by atoms with Crippen LogP contribution in [-0.2, 0) is 19.6 Å². The third-order valence-electron chi connectivity index (χ3n) is 4.90. The van der Waals surface area contributed by atoms with Crippen LogP contribution >= 0.6 is 0 Å². The highest BCUT2D eigenvalue weighted by Gasteiger charge is 2.41. The monoisotopic (exact) mass is 346 g/mol. The Balaban J connectivity index is 1.96. The summed E-state index contributed by atoms with van der Waals surface area (Å²) in [4.78, 5) is 28.0. The van der Waals surface area contributed by atoms with Crippen LogP contribution in [0.15, 0.2) is 0 Å². The van der Waals surface area contributed by atoms with Crippen molar-refractivity contribution in [3.8, 4) is 0 Å². The minimum atomic E-state index is -3.52. The molecule has 1 unspecified atom stereocenters. The number of nitrogens with one attached hydrogen (secondary N) is 1. The molecule has 0 saturated carbocycles. The van der Waals surface area contributed by atoms with Crippen LogP contribution in [0.3, 0.4) is 0 Å². The first-order chi connectivity index (χ1) is 10.7. The number of sulfonamides is 1. The first kappa shape index (κ1) is 18.2. The van der Waals surface area contributed by atoms with Gasteiger partial charge >= 0.3 is 0 Å². The second-order valence-corrected chi connectivity index (χ2v) is 8.27. The Bertz CT molecular complexity index is 565. The lowest BCUT2D eigenvalue weighted by atomic mass is 9.86. The van der Waals surface area contributed by atoms with E-state index in [1.54, 1.807) is 4.90 Å². The Kier molecular flexibility index (Phi) is 5.64. The summed E-state index contributed by atoms with van der Waals surface area (Å²) in [5, 5.41) is 7.84. The van der Waals surface area contributed by atoms with Crippen molar-refractivity contribution in [3.63, 3.8) is 0 Å². The fourth-order valence-electron chi connectivity index (χ4n) is 3.39. The normalized spacial score (nSPS) is 26.9. The molecule has 1 spiro atoms. The van der Waals surface area contributed by atoms with Crippen LogP contribution in [0.2, 0.25) is 0 Å². The van der Waals surface area contributed by atoms with Gasteiger partial charge in [-0.05, 0) is 26.3 Å². The van der Waals surface area contributed by atoms with Gasteiger partial charge in [0.05, 0.1) is 5.75 Å². The summed E-state index contributed by atoms with van der Waals surface area (Å²) < 4.78 is 21.9. The van der Waals surface area contributed by atoms with E-state index in [9.17, 15) is 18.0 Å². The van der Waals surface area contributed by atoms with Gasteiger partial charge in [-0.1, -0.05) is 0 Å². The summed E-state index contributed by atoms with van der Waals surface area (Å²) in [7, 11) is -1.48. The molecule has 8 nitrogen and oxygen atoms in total. The molecule has 3 N–H and O–H groups in total. The zero-order valence-electron chi connectivity index (χ0n) is 13.6. The predicted octanol–water partition coefficient (Wildman–Crippen LogP) is -1.13. The van der Waals surface area contributed by atoms with E-state index in [1.165, 1.54) is 0 Å². The highest BCUT2D eigenvalue weighted by Crippen LogP contribution is 2.30. The molecule has 23 heavy (non-hydrogen) atoms. The number of hydrogen-bond donors (Lipinski definition) is 2. The number of rotatable bonds is 4. The summed E-state index contributed by atoms with van der Waals surface area (Å²) >= 11 is 0. The number of nitrogens with two attached hydrogens (primary N) is 1. The Hall–Kier alpha value is -1.19.